The molecule has 56 valence electrons. The molecule has 0 aliphatic heterocycles. The number of rotatable bonds is 2. The summed E-state index contributed by atoms with van der Waals surface area (Å²) in [6.45, 7) is 8.60. The third kappa shape index (κ3) is 1.06. The van der Waals surface area contributed by atoms with Crippen molar-refractivity contribution in [2.75, 3.05) is 0 Å². The van der Waals surface area contributed by atoms with Gasteiger partial charge in [0, 0.05) is 6.92 Å². The summed E-state index contributed by atoms with van der Waals surface area (Å²) in [5, 5.41) is 0. The highest BCUT2D eigenvalue weighted by atomic mass is 15.1. The van der Waals surface area contributed by atoms with E-state index >= 15 is 0 Å². The van der Waals surface area contributed by atoms with Crippen molar-refractivity contribution in [2.24, 2.45) is 0 Å². The predicted octanol–water partition coefficient (Wildman–Crippen LogP) is 1.12. The number of imidazole rings is 1. The first-order chi connectivity index (χ1) is 4.79. The minimum atomic E-state index is 1.07. The molecule has 0 N–H and O–H groups in total. The molecular weight excluding hydrogens is 124 g/mol. The van der Waals surface area contributed by atoms with Crippen LogP contribution in [0, 0.1) is 6.92 Å². The van der Waals surface area contributed by atoms with Gasteiger partial charge in [-0.2, -0.15) is 0 Å². The second kappa shape index (κ2) is 2.86. The largest absolute Gasteiger partial charge is 0.253 e. The van der Waals surface area contributed by atoms with Gasteiger partial charge in [0.05, 0.1) is 13.1 Å². The molecule has 0 bridgehead atoms. The third-order valence-corrected chi connectivity index (χ3v) is 1.94. The Morgan fingerprint density at radius 1 is 1.50 bits per heavy atom. The van der Waals surface area contributed by atoms with Gasteiger partial charge >= 0.3 is 0 Å². The standard InChI is InChI=1S/C8H15N2/c1-4-9-6-7-10(5-2)8(9)3/h6-7H,4-5H2,1-3H3/q+1. The first-order valence-corrected chi connectivity index (χ1v) is 3.84. The van der Waals surface area contributed by atoms with Crippen LogP contribution in [0.4, 0.5) is 0 Å². The van der Waals surface area contributed by atoms with Gasteiger partial charge in [-0.1, -0.05) is 0 Å². The minimum absolute atomic E-state index is 1.07. The normalized spacial score (nSPS) is 10.3. The molecule has 0 saturated carbocycles. The molecule has 1 rings (SSSR count). The van der Waals surface area contributed by atoms with Gasteiger partial charge < -0.3 is 0 Å². The van der Waals surface area contributed by atoms with Gasteiger partial charge in [0.15, 0.2) is 0 Å². The van der Waals surface area contributed by atoms with Crippen LogP contribution in [0.5, 0.6) is 0 Å². The van der Waals surface area contributed by atoms with Gasteiger partial charge in [0.1, 0.15) is 12.4 Å². The summed E-state index contributed by atoms with van der Waals surface area (Å²) < 4.78 is 4.48. The van der Waals surface area contributed by atoms with E-state index in [1.807, 2.05) is 0 Å². The Hall–Kier alpha value is -0.790. The number of nitrogens with zero attached hydrogens (tertiary/aromatic N) is 2. The van der Waals surface area contributed by atoms with Gasteiger partial charge in [-0.25, -0.2) is 9.13 Å². The Labute approximate surface area is 62.1 Å². The highest BCUT2D eigenvalue weighted by Gasteiger charge is 2.06. The van der Waals surface area contributed by atoms with E-state index in [1.165, 1.54) is 5.82 Å². The second-order valence-corrected chi connectivity index (χ2v) is 2.42. The fourth-order valence-corrected chi connectivity index (χ4v) is 1.21. The van der Waals surface area contributed by atoms with Crippen molar-refractivity contribution in [3.8, 4) is 0 Å². The predicted molar refractivity (Wildman–Crippen MR) is 40.7 cm³/mol. The Morgan fingerprint density at radius 2 is 2.20 bits per heavy atom. The fourth-order valence-electron chi connectivity index (χ4n) is 1.21. The average Bonchev–Trinajstić information content (AvgIpc) is 2.30. The van der Waals surface area contributed by atoms with E-state index in [4.69, 9.17) is 0 Å². The molecule has 0 aliphatic rings. The molecule has 1 aromatic rings. The lowest BCUT2D eigenvalue weighted by atomic mass is 10.6. The molecular formula is C8H15N2+. The fraction of sp³-hybridized carbons (Fsp3) is 0.625. The van der Waals surface area contributed by atoms with Crippen molar-refractivity contribution in [2.45, 2.75) is 33.9 Å². The van der Waals surface area contributed by atoms with E-state index in [9.17, 15) is 0 Å². The van der Waals surface area contributed by atoms with E-state index in [0.717, 1.165) is 13.1 Å². The number of aromatic nitrogens is 2. The number of hydrogen-bond acceptors (Lipinski definition) is 0. The molecule has 0 aliphatic carbocycles. The number of aryl methyl sites for hydroxylation is 2. The molecule has 1 heterocycles. The molecule has 2 heteroatoms. The van der Waals surface area contributed by atoms with Crippen LogP contribution in [0.2, 0.25) is 0 Å². The van der Waals surface area contributed by atoms with Crippen molar-refractivity contribution >= 4 is 0 Å². The Morgan fingerprint density at radius 3 is 2.50 bits per heavy atom. The monoisotopic (exact) mass is 139 g/mol. The molecule has 0 saturated heterocycles. The zero-order valence-corrected chi connectivity index (χ0v) is 6.96. The van der Waals surface area contributed by atoms with E-state index in [2.05, 4.69) is 42.3 Å². The Kier molecular flexibility index (Phi) is 2.10. The first-order valence-electron chi connectivity index (χ1n) is 3.84. The molecule has 1 aromatic heterocycles. The quantitative estimate of drug-likeness (QED) is 0.543. The third-order valence-electron chi connectivity index (χ3n) is 1.94. The van der Waals surface area contributed by atoms with Crippen molar-refractivity contribution in [1.29, 1.82) is 0 Å². The molecule has 0 spiro atoms. The van der Waals surface area contributed by atoms with Crippen LogP contribution in [-0.4, -0.2) is 4.57 Å². The van der Waals surface area contributed by atoms with Gasteiger partial charge in [-0.05, 0) is 13.8 Å². The van der Waals surface area contributed by atoms with E-state index in [-0.39, 0.29) is 0 Å². The SMILES string of the molecule is CCn1cc[n+](CC)c1C. The summed E-state index contributed by atoms with van der Waals surface area (Å²) in [7, 11) is 0. The van der Waals surface area contributed by atoms with Crippen molar-refractivity contribution in [3.05, 3.63) is 18.2 Å². The maximum atomic E-state index is 2.24. The summed E-state index contributed by atoms with van der Waals surface area (Å²) in [4.78, 5) is 0. The highest BCUT2D eigenvalue weighted by Crippen LogP contribution is 1.91. The summed E-state index contributed by atoms with van der Waals surface area (Å²) in [5.74, 6) is 1.34. The molecule has 0 radical (unpaired) electrons. The molecule has 0 unspecified atom stereocenters. The summed E-state index contributed by atoms with van der Waals surface area (Å²) >= 11 is 0. The van der Waals surface area contributed by atoms with Gasteiger partial charge in [0.2, 0.25) is 0 Å². The van der Waals surface area contributed by atoms with Gasteiger partial charge in [0.25, 0.3) is 5.82 Å². The highest BCUT2D eigenvalue weighted by molar-refractivity contribution is 4.78. The van der Waals surface area contributed by atoms with Crippen LogP contribution in [0.15, 0.2) is 12.4 Å². The van der Waals surface area contributed by atoms with Crippen LogP contribution < -0.4 is 4.57 Å². The molecule has 0 atom stereocenters. The lowest BCUT2D eigenvalue weighted by molar-refractivity contribution is -0.699. The summed E-state index contributed by atoms with van der Waals surface area (Å²) in [6.07, 6.45) is 4.25. The summed E-state index contributed by atoms with van der Waals surface area (Å²) in [5.41, 5.74) is 0. The van der Waals surface area contributed by atoms with Crippen LogP contribution in [0.1, 0.15) is 19.7 Å². The molecule has 10 heavy (non-hydrogen) atoms. The smallest absolute Gasteiger partial charge is 0.235 e. The lowest BCUT2D eigenvalue weighted by Crippen LogP contribution is -2.33. The topological polar surface area (TPSA) is 8.81 Å². The molecule has 0 fully saturated rings. The molecule has 0 aromatic carbocycles. The van der Waals surface area contributed by atoms with Gasteiger partial charge in [-0.15, -0.1) is 0 Å². The van der Waals surface area contributed by atoms with Crippen LogP contribution in [-0.2, 0) is 13.1 Å². The molecule has 2 nitrogen and oxygen atoms in total. The maximum Gasteiger partial charge on any atom is 0.253 e. The van der Waals surface area contributed by atoms with Gasteiger partial charge in [-0.3, -0.25) is 0 Å². The number of hydrogen-bond donors (Lipinski definition) is 0. The Bertz CT molecular complexity index is 192. The molecule has 0 amide bonds. The van der Waals surface area contributed by atoms with Crippen molar-refractivity contribution in [3.63, 3.8) is 0 Å². The van der Waals surface area contributed by atoms with E-state index in [0.29, 0.717) is 0 Å². The first kappa shape index (κ1) is 7.32. The van der Waals surface area contributed by atoms with Crippen LogP contribution in [0.3, 0.4) is 0 Å². The zero-order valence-electron chi connectivity index (χ0n) is 6.96. The summed E-state index contributed by atoms with van der Waals surface area (Å²) in [6, 6.07) is 0. The van der Waals surface area contributed by atoms with Crippen LogP contribution in [0.25, 0.3) is 0 Å². The lowest BCUT2D eigenvalue weighted by Gasteiger charge is -1.93. The van der Waals surface area contributed by atoms with E-state index < -0.39 is 0 Å². The second-order valence-electron chi connectivity index (χ2n) is 2.42. The zero-order chi connectivity index (χ0) is 7.56. The Balaban J connectivity index is 2.97. The van der Waals surface area contributed by atoms with Crippen LogP contribution >= 0.6 is 0 Å². The van der Waals surface area contributed by atoms with E-state index in [1.54, 1.807) is 0 Å². The minimum Gasteiger partial charge on any atom is -0.235 e. The van der Waals surface area contributed by atoms with Crippen molar-refractivity contribution < 1.29 is 4.57 Å². The van der Waals surface area contributed by atoms with Crippen molar-refractivity contribution in [1.82, 2.24) is 4.57 Å². The average molecular weight is 139 g/mol. The maximum absolute atomic E-state index is 2.24.